The Morgan fingerprint density at radius 3 is 3.16 bits per heavy atom. The summed E-state index contributed by atoms with van der Waals surface area (Å²) in [6, 6.07) is 2.47. The van der Waals surface area contributed by atoms with Crippen molar-refractivity contribution >= 4 is 33.3 Å². The fourth-order valence-electron chi connectivity index (χ4n) is 1.91. The first-order valence-corrected chi connectivity index (χ1v) is 7.42. The number of amides is 1. The number of carbonyl (C=O) groups excluding carboxylic acids is 1. The second-order valence-electron chi connectivity index (χ2n) is 4.73. The van der Waals surface area contributed by atoms with E-state index in [1.54, 1.807) is 17.7 Å². The molecule has 1 fully saturated rings. The first kappa shape index (κ1) is 12.3. The van der Waals surface area contributed by atoms with E-state index in [-0.39, 0.29) is 5.91 Å². The number of nitrogens with zero attached hydrogens (tertiary/aromatic N) is 2. The SMILES string of the molecule is O=C(CCCNc1ncnc2sccc12)NC1CC1. The summed E-state index contributed by atoms with van der Waals surface area (Å²) in [5, 5.41) is 9.32. The molecule has 100 valence electrons. The lowest BCUT2D eigenvalue weighted by Crippen LogP contribution is -2.25. The molecular weight excluding hydrogens is 260 g/mol. The Morgan fingerprint density at radius 1 is 1.42 bits per heavy atom. The van der Waals surface area contributed by atoms with E-state index in [0.717, 1.165) is 41.8 Å². The van der Waals surface area contributed by atoms with Crippen molar-refractivity contribution in [3.63, 3.8) is 0 Å². The van der Waals surface area contributed by atoms with E-state index in [2.05, 4.69) is 20.6 Å². The van der Waals surface area contributed by atoms with Crippen molar-refractivity contribution in [2.75, 3.05) is 11.9 Å². The van der Waals surface area contributed by atoms with Crippen LogP contribution < -0.4 is 10.6 Å². The number of anilines is 1. The molecule has 0 unspecified atom stereocenters. The van der Waals surface area contributed by atoms with Gasteiger partial charge in [-0.25, -0.2) is 9.97 Å². The summed E-state index contributed by atoms with van der Waals surface area (Å²) >= 11 is 1.60. The van der Waals surface area contributed by atoms with Crippen LogP contribution in [0.5, 0.6) is 0 Å². The maximum atomic E-state index is 11.5. The molecule has 0 radical (unpaired) electrons. The molecule has 1 aliphatic rings. The summed E-state index contributed by atoms with van der Waals surface area (Å²) in [5.74, 6) is 1.02. The van der Waals surface area contributed by atoms with Gasteiger partial charge >= 0.3 is 0 Å². The third kappa shape index (κ3) is 3.20. The number of aromatic nitrogens is 2. The van der Waals surface area contributed by atoms with Crippen molar-refractivity contribution in [2.45, 2.75) is 31.7 Å². The maximum Gasteiger partial charge on any atom is 0.220 e. The second kappa shape index (κ2) is 5.52. The van der Waals surface area contributed by atoms with Crippen LogP contribution in [0, 0.1) is 0 Å². The van der Waals surface area contributed by atoms with E-state index in [0.29, 0.717) is 12.5 Å². The zero-order chi connectivity index (χ0) is 13.1. The van der Waals surface area contributed by atoms with Crippen molar-refractivity contribution in [3.05, 3.63) is 17.8 Å². The standard InChI is InChI=1S/C13H16N4OS/c18-11(17-9-3-4-9)2-1-6-14-12-10-5-7-19-13(10)16-8-15-12/h5,7-9H,1-4,6H2,(H,17,18)(H,14,15,16). The molecule has 1 aliphatic carbocycles. The van der Waals surface area contributed by atoms with Gasteiger partial charge < -0.3 is 10.6 Å². The smallest absolute Gasteiger partial charge is 0.220 e. The lowest BCUT2D eigenvalue weighted by molar-refractivity contribution is -0.121. The molecule has 1 amide bonds. The number of hydrogen-bond acceptors (Lipinski definition) is 5. The van der Waals surface area contributed by atoms with E-state index in [1.807, 2.05) is 11.4 Å². The average Bonchev–Trinajstić information content (AvgIpc) is 3.07. The van der Waals surface area contributed by atoms with Gasteiger partial charge in [0.1, 0.15) is 17.0 Å². The molecule has 5 nitrogen and oxygen atoms in total. The Bertz CT molecular complexity index is 579. The first-order chi connectivity index (χ1) is 9.33. The minimum Gasteiger partial charge on any atom is -0.369 e. The fraction of sp³-hybridized carbons (Fsp3) is 0.462. The Labute approximate surface area is 115 Å². The van der Waals surface area contributed by atoms with Gasteiger partial charge in [-0.05, 0) is 30.7 Å². The van der Waals surface area contributed by atoms with Gasteiger partial charge in [0.2, 0.25) is 5.91 Å². The average molecular weight is 276 g/mol. The van der Waals surface area contributed by atoms with Gasteiger partial charge in [-0.15, -0.1) is 11.3 Å². The van der Waals surface area contributed by atoms with Gasteiger partial charge in [0.05, 0.1) is 5.39 Å². The van der Waals surface area contributed by atoms with Gasteiger partial charge in [-0.3, -0.25) is 4.79 Å². The summed E-state index contributed by atoms with van der Waals surface area (Å²) in [5.41, 5.74) is 0. The lowest BCUT2D eigenvalue weighted by Gasteiger charge is -2.06. The Balaban J connectivity index is 1.46. The van der Waals surface area contributed by atoms with Crippen LogP contribution in [0.4, 0.5) is 5.82 Å². The van der Waals surface area contributed by atoms with Gasteiger partial charge in [-0.1, -0.05) is 0 Å². The predicted molar refractivity (Wildman–Crippen MR) is 76.3 cm³/mol. The van der Waals surface area contributed by atoms with Gasteiger partial charge in [0, 0.05) is 19.0 Å². The molecule has 0 spiro atoms. The molecule has 2 aromatic rings. The quantitative estimate of drug-likeness (QED) is 0.793. The minimum absolute atomic E-state index is 0.160. The predicted octanol–water partition coefficient (Wildman–Crippen LogP) is 2.16. The summed E-state index contributed by atoms with van der Waals surface area (Å²) in [6.07, 6.45) is 5.23. The zero-order valence-electron chi connectivity index (χ0n) is 10.6. The molecule has 2 aromatic heterocycles. The summed E-state index contributed by atoms with van der Waals surface area (Å²) in [6.45, 7) is 0.750. The molecule has 3 rings (SSSR count). The lowest BCUT2D eigenvalue weighted by atomic mass is 10.3. The van der Waals surface area contributed by atoms with E-state index in [9.17, 15) is 4.79 Å². The number of rotatable bonds is 6. The molecule has 0 aliphatic heterocycles. The van der Waals surface area contributed by atoms with E-state index in [4.69, 9.17) is 0 Å². The third-order valence-electron chi connectivity index (χ3n) is 3.08. The minimum atomic E-state index is 0.160. The van der Waals surface area contributed by atoms with Crippen LogP contribution in [0.25, 0.3) is 10.2 Å². The highest BCUT2D eigenvalue weighted by Gasteiger charge is 2.22. The van der Waals surface area contributed by atoms with Crippen LogP contribution in [-0.2, 0) is 4.79 Å². The molecular formula is C13H16N4OS. The van der Waals surface area contributed by atoms with Crippen molar-refractivity contribution in [1.29, 1.82) is 0 Å². The zero-order valence-corrected chi connectivity index (χ0v) is 11.4. The van der Waals surface area contributed by atoms with Gasteiger partial charge in [0.25, 0.3) is 0 Å². The highest BCUT2D eigenvalue weighted by atomic mass is 32.1. The van der Waals surface area contributed by atoms with Crippen molar-refractivity contribution in [3.8, 4) is 0 Å². The van der Waals surface area contributed by atoms with Crippen LogP contribution in [0.15, 0.2) is 17.8 Å². The molecule has 0 bridgehead atoms. The van der Waals surface area contributed by atoms with Crippen LogP contribution in [0.3, 0.4) is 0 Å². The largest absolute Gasteiger partial charge is 0.369 e. The van der Waals surface area contributed by atoms with Crippen LogP contribution >= 0.6 is 11.3 Å². The van der Waals surface area contributed by atoms with Crippen molar-refractivity contribution in [1.82, 2.24) is 15.3 Å². The van der Waals surface area contributed by atoms with E-state index < -0.39 is 0 Å². The maximum absolute atomic E-state index is 11.5. The van der Waals surface area contributed by atoms with Crippen LogP contribution in [0.2, 0.25) is 0 Å². The highest BCUT2D eigenvalue weighted by molar-refractivity contribution is 7.16. The summed E-state index contributed by atoms with van der Waals surface area (Å²) < 4.78 is 0. The number of fused-ring (bicyclic) bond motifs is 1. The number of carbonyl (C=O) groups is 1. The monoisotopic (exact) mass is 276 g/mol. The topological polar surface area (TPSA) is 66.9 Å². The van der Waals surface area contributed by atoms with Gasteiger partial charge in [0.15, 0.2) is 0 Å². The molecule has 6 heteroatoms. The molecule has 0 saturated heterocycles. The Morgan fingerprint density at radius 2 is 2.32 bits per heavy atom. The molecule has 2 heterocycles. The van der Waals surface area contributed by atoms with Crippen LogP contribution in [-0.4, -0.2) is 28.5 Å². The van der Waals surface area contributed by atoms with E-state index in [1.165, 1.54) is 0 Å². The van der Waals surface area contributed by atoms with Crippen molar-refractivity contribution in [2.24, 2.45) is 0 Å². The fourth-order valence-corrected chi connectivity index (χ4v) is 2.65. The Kier molecular flexibility index (Phi) is 3.59. The Hall–Kier alpha value is -1.69. The number of nitrogens with one attached hydrogen (secondary N) is 2. The van der Waals surface area contributed by atoms with Crippen molar-refractivity contribution < 1.29 is 4.79 Å². The number of hydrogen-bond donors (Lipinski definition) is 2. The number of thiophene rings is 1. The van der Waals surface area contributed by atoms with E-state index >= 15 is 0 Å². The van der Waals surface area contributed by atoms with Gasteiger partial charge in [-0.2, -0.15) is 0 Å². The third-order valence-corrected chi connectivity index (χ3v) is 3.90. The summed E-state index contributed by atoms with van der Waals surface area (Å²) in [7, 11) is 0. The molecule has 0 aromatic carbocycles. The summed E-state index contributed by atoms with van der Waals surface area (Å²) in [4.78, 5) is 20.9. The molecule has 2 N–H and O–H groups in total. The molecule has 1 saturated carbocycles. The second-order valence-corrected chi connectivity index (χ2v) is 5.63. The highest BCUT2D eigenvalue weighted by Crippen LogP contribution is 2.23. The molecule has 0 atom stereocenters. The van der Waals surface area contributed by atoms with Crippen LogP contribution in [0.1, 0.15) is 25.7 Å². The molecule has 19 heavy (non-hydrogen) atoms. The first-order valence-electron chi connectivity index (χ1n) is 6.54. The normalized spacial score (nSPS) is 14.5.